The highest BCUT2D eigenvalue weighted by Gasteiger charge is 2.54. The van der Waals surface area contributed by atoms with E-state index < -0.39 is 11.4 Å². The molecule has 2 aromatic carbocycles. The van der Waals surface area contributed by atoms with Crippen LogP contribution in [0.25, 0.3) is 0 Å². The van der Waals surface area contributed by atoms with Gasteiger partial charge in [0.1, 0.15) is 5.82 Å². The summed E-state index contributed by atoms with van der Waals surface area (Å²) in [5, 5.41) is 9.86. The zero-order chi connectivity index (χ0) is 19.5. The van der Waals surface area contributed by atoms with Crippen LogP contribution in [-0.2, 0) is 23.1 Å². The number of carboxylic acids is 1. The summed E-state index contributed by atoms with van der Waals surface area (Å²) in [6.45, 7) is 0. The lowest BCUT2D eigenvalue weighted by Gasteiger charge is -2.23. The molecule has 0 saturated carbocycles. The predicted octanol–water partition coefficient (Wildman–Crippen LogP) is 4.15. The first-order chi connectivity index (χ1) is 13.5. The van der Waals surface area contributed by atoms with Crippen molar-refractivity contribution in [3.8, 4) is 0 Å². The van der Waals surface area contributed by atoms with Crippen molar-refractivity contribution in [2.75, 3.05) is 4.90 Å². The summed E-state index contributed by atoms with van der Waals surface area (Å²) < 4.78 is 0. The quantitative estimate of drug-likeness (QED) is 0.713. The van der Waals surface area contributed by atoms with Gasteiger partial charge in [0.2, 0.25) is 5.91 Å². The molecule has 0 saturated heterocycles. The first kappa shape index (κ1) is 17.0. The summed E-state index contributed by atoms with van der Waals surface area (Å²) in [6.07, 6.45) is 2.64. The fourth-order valence-electron chi connectivity index (χ4n) is 4.40. The van der Waals surface area contributed by atoms with Gasteiger partial charge in [-0.05, 0) is 65.9 Å². The molecule has 1 aliphatic heterocycles. The van der Waals surface area contributed by atoms with Crippen LogP contribution in [0.3, 0.4) is 0 Å². The number of hydrogen-bond acceptors (Lipinski definition) is 3. The van der Waals surface area contributed by atoms with E-state index in [0.29, 0.717) is 23.7 Å². The van der Waals surface area contributed by atoms with Gasteiger partial charge in [0.15, 0.2) is 0 Å². The Bertz CT molecular complexity index is 1150. The molecule has 2 heterocycles. The van der Waals surface area contributed by atoms with Crippen molar-refractivity contribution in [2.45, 2.75) is 18.3 Å². The summed E-state index contributed by atoms with van der Waals surface area (Å²) in [4.78, 5) is 31.1. The van der Waals surface area contributed by atoms with Gasteiger partial charge in [0, 0.05) is 11.2 Å². The normalized spacial score (nSPS) is 19.8. The monoisotopic (exact) mass is 390 g/mol. The minimum Gasteiger partial charge on any atom is -0.478 e. The molecule has 3 aromatic rings. The van der Waals surface area contributed by atoms with Gasteiger partial charge in [0.05, 0.1) is 16.7 Å². The smallest absolute Gasteiger partial charge is 0.335 e. The number of carbonyl (C=O) groups excluding carboxylic acids is 1. The van der Waals surface area contributed by atoms with E-state index in [1.54, 1.807) is 47.5 Å². The maximum atomic E-state index is 13.7. The van der Waals surface area contributed by atoms with E-state index in [1.807, 2.05) is 18.2 Å². The molecular weight excluding hydrogens is 376 g/mol. The molecule has 2 aliphatic rings. The first-order valence-electron chi connectivity index (χ1n) is 8.90. The van der Waals surface area contributed by atoms with Gasteiger partial charge < -0.3 is 5.11 Å². The van der Waals surface area contributed by atoms with Crippen LogP contribution in [-0.4, -0.2) is 22.0 Å². The molecule has 0 radical (unpaired) electrons. The second-order valence-corrected chi connectivity index (χ2v) is 7.65. The van der Waals surface area contributed by atoms with E-state index in [-0.39, 0.29) is 11.5 Å². The van der Waals surface area contributed by atoms with E-state index in [2.05, 4.69) is 4.98 Å². The Morgan fingerprint density at radius 3 is 2.64 bits per heavy atom. The lowest BCUT2D eigenvalue weighted by Crippen LogP contribution is -2.39. The number of amides is 1. The van der Waals surface area contributed by atoms with E-state index in [1.165, 1.54) is 0 Å². The molecule has 1 aromatic heterocycles. The van der Waals surface area contributed by atoms with E-state index >= 15 is 0 Å². The second kappa shape index (κ2) is 5.91. The summed E-state index contributed by atoms with van der Waals surface area (Å²) in [5.74, 6) is -0.476. The Morgan fingerprint density at radius 2 is 1.89 bits per heavy atom. The van der Waals surface area contributed by atoms with E-state index in [0.717, 1.165) is 22.4 Å². The number of rotatable bonds is 2. The topological polar surface area (TPSA) is 70.5 Å². The van der Waals surface area contributed by atoms with Crippen LogP contribution in [0.2, 0.25) is 5.02 Å². The Hall–Kier alpha value is -3.18. The van der Waals surface area contributed by atoms with Crippen LogP contribution < -0.4 is 4.90 Å². The van der Waals surface area contributed by atoms with Gasteiger partial charge in [-0.3, -0.25) is 9.69 Å². The Morgan fingerprint density at radius 1 is 1.07 bits per heavy atom. The van der Waals surface area contributed by atoms with Crippen LogP contribution in [0, 0.1) is 0 Å². The Labute approximate surface area is 166 Å². The first-order valence-corrected chi connectivity index (χ1v) is 9.28. The molecule has 1 atom stereocenters. The number of pyridine rings is 1. The number of carboxylic acid groups (broad SMARTS) is 1. The number of aromatic nitrogens is 1. The molecule has 5 rings (SSSR count). The summed E-state index contributed by atoms with van der Waals surface area (Å²) >= 11 is 6.24. The number of benzene rings is 2. The molecule has 28 heavy (non-hydrogen) atoms. The van der Waals surface area contributed by atoms with Crippen molar-refractivity contribution < 1.29 is 14.7 Å². The SMILES string of the molecule is O=C(O)c1ccc2c(c1)C[C@@]1(C2)C(=O)N(c2ccccn2)c2cc(Cl)ccc21. The number of aromatic carboxylic acids is 1. The number of fused-ring (bicyclic) bond motifs is 3. The third kappa shape index (κ3) is 2.29. The van der Waals surface area contributed by atoms with Crippen molar-refractivity contribution in [1.29, 1.82) is 0 Å². The molecule has 5 nitrogen and oxygen atoms in total. The lowest BCUT2D eigenvalue weighted by atomic mass is 9.79. The fourth-order valence-corrected chi connectivity index (χ4v) is 4.56. The van der Waals surface area contributed by atoms with Gasteiger partial charge >= 0.3 is 5.97 Å². The largest absolute Gasteiger partial charge is 0.478 e. The summed E-state index contributed by atoms with van der Waals surface area (Å²) in [5.41, 5.74) is 3.01. The Kier molecular flexibility index (Phi) is 3.58. The van der Waals surface area contributed by atoms with Gasteiger partial charge in [-0.25, -0.2) is 9.78 Å². The molecule has 1 spiro atoms. The summed E-state index contributed by atoms with van der Waals surface area (Å²) in [6, 6.07) is 16.0. The van der Waals surface area contributed by atoms with Crippen LogP contribution >= 0.6 is 11.6 Å². The molecule has 1 aliphatic carbocycles. The minimum atomic E-state index is -0.969. The summed E-state index contributed by atoms with van der Waals surface area (Å²) in [7, 11) is 0. The van der Waals surface area contributed by atoms with Crippen molar-refractivity contribution >= 4 is 35.0 Å². The van der Waals surface area contributed by atoms with Gasteiger partial charge in [-0.15, -0.1) is 0 Å². The van der Waals surface area contributed by atoms with Crippen molar-refractivity contribution in [1.82, 2.24) is 4.98 Å². The molecule has 0 unspecified atom stereocenters. The molecule has 1 amide bonds. The fraction of sp³-hybridized carbons (Fsp3) is 0.136. The van der Waals surface area contributed by atoms with Gasteiger partial charge in [-0.1, -0.05) is 29.8 Å². The molecule has 6 heteroatoms. The third-order valence-electron chi connectivity index (χ3n) is 5.64. The zero-order valence-corrected chi connectivity index (χ0v) is 15.5. The molecule has 1 N–H and O–H groups in total. The molecule has 0 bridgehead atoms. The highest BCUT2D eigenvalue weighted by molar-refractivity contribution is 6.31. The molecular formula is C22H15ClN2O3. The standard InChI is InChI=1S/C22H15ClN2O3/c23-16-6-7-17-18(10-16)25(19-3-1-2-8-24-19)21(28)22(17)11-14-5-4-13(20(26)27)9-15(14)12-22/h1-10H,11-12H2,(H,26,27)/t22-/m1/s1. The number of nitrogens with zero attached hydrogens (tertiary/aromatic N) is 2. The number of carbonyl (C=O) groups is 2. The zero-order valence-electron chi connectivity index (χ0n) is 14.7. The number of hydrogen-bond donors (Lipinski definition) is 1. The van der Waals surface area contributed by atoms with Crippen LogP contribution in [0.1, 0.15) is 27.0 Å². The number of halogens is 1. The Balaban J connectivity index is 1.67. The highest BCUT2D eigenvalue weighted by Crippen LogP contribution is 2.52. The van der Waals surface area contributed by atoms with Crippen molar-refractivity contribution in [3.05, 3.63) is 88.1 Å². The van der Waals surface area contributed by atoms with Crippen LogP contribution in [0.4, 0.5) is 11.5 Å². The lowest BCUT2D eigenvalue weighted by molar-refractivity contribution is -0.122. The maximum Gasteiger partial charge on any atom is 0.335 e. The molecule has 138 valence electrons. The van der Waals surface area contributed by atoms with Gasteiger partial charge in [0.25, 0.3) is 0 Å². The highest BCUT2D eigenvalue weighted by atomic mass is 35.5. The minimum absolute atomic E-state index is 0.0588. The van der Waals surface area contributed by atoms with E-state index in [9.17, 15) is 14.7 Å². The predicted molar refractivity (Wildman–Crippen MR) is 105 cm³/mol. The molecule has 0 fully saturated rings. The average molecular weight is 391 g/mol. The van der Waals surface area contributed by atoms with E-state index in [4.69, 9.17) is 11.6 Å². The average Bonchev–Trinajstić information content (AvgIpc) is 3.18. The van der Waals surface area contributed by atoms with Crippen molar-refractivity contribution in [2.24, 2.45) is 0 Å². The maximum absolute atomic E-state index is 13.7. The second-order valence-electron chi connectivity index (χ2n) is 7.21. The van der Waals surface area contributed by atoms with Gasteiger partial charge in [-0.2, -0.15) is 0 Å². The van der Waals surface area contributed by atoms with Crippen LogP contribution in [0.15, 0.2) is 60.8 Å². The third-order valence-corrected chi connectivity index (χ3v) is 5.88. The van der Waals surface area contributed by atoms with Crippen molar-refractivity contribution in [3.63, 3.8) is 0 Å². The van der Waals surface area contributed by atoms with Crippen LogP contribution in [0.5, 0.6) is 0 Å². The number of anilines is 2.